The van der Waals surface area contributed by atoms with Gasteiger partial charge in [0, 0.05) is 30.7 Å². The predicted molar refractivity (Wildman–Crippen MR) is 124 cm³/mol. The van der Waals surface area contributed by atoms with Gasteiger partial charge in [0.1, 0.15) is 0 Å². The van der Waals surface area contributed by atoms with E-state index in [-0.39, 0.29) is 41.3 Å². The number of rotatable bonds is 6. The topological polar surface area (TPSA) is 86.8 Å². The van der Waals surface area contributed by atoms with Crippen LogP contribution in [0.15, 0.2) is 23.1 Å². The average Bonchev–Trinajstić information content (AvgIpc) is 3.52. The number of carbonyl (C=O) groups is 2. The first-order chi connectivity index (χ1) is 15.1. The second-order valence-corrected chi connectivity index (χ2v) is 12.1. The van der Waals surface area contributed by atoms with Gasteiger partial charge >= 0.3 is 0 Å². The summed E-state index contributed by atoms with van der Waals surface area (Å²) in [6.07, 6.45) is 5.71. The molecule has 3 aliphatic rings. The summed E-state index contributed by atoms with van der Waals surface area (Å²) in [5.41, 5.74) is 1.68. The molecule has 2 fully saturated rings. The maximum Gasteiger partial charge on any atom is 0.243 e. The highest BCUT2D eigenvalue weighted by Gasteiger charge is 2.40. The van der Waals surface area contributed by atoms with Crippen LogP contribution in [0.2, 0.25) is 0 Å². The summed E-state index contributed by atoms with van der Waals surface area (Å²) in [7, 11) is -2.37. The molecule has 4 atom stereocenters. The van der Waals surface area contributed by atoms with Crippen molar-refractivity contribution in [2.45, 2.75) is 76.3 Å². The molecule has 2 saturated carbocycles. The van der Waals surface area contributed by atoms with E-state index in [1.165, 1.54) is 13.5 Å². The Morgan fingerprint density at radius 1 is 1.12 bits per heavy atom. The van der Waals surface area contributed by atoms with Crippen molar-refractivity contribution in [3.63, 3.8) is 0 Å². The molecule has 0 spiro atoms. The van der Waals surface area contributed by atoms with Crippen molar-refractivity contribution in [1.82, 2.24) is 9.62 Å². The molecule has 1 aliphatic heterocycles. The fourth-order valence-corrected chi connectivity index (χ4v) is 6.31. The average molecular weight is 462 g/mol. The predicted octanol–water partition coefficient (Wildman–Crippen LogP) is 2.94. The van der Waals surface area contributed by atoms with Crippen LogP contribution < -0.4 is 10.2 Å². The van der Waals surface area contributed by atoms with Crippen molar-refractivity contribution in [2.75, 3.05) is 18.5 Å². The van der Waals surface area contributed by atoms with E-state index in [1.807, 2.05) is 11.8 Å². The smallest absolute Gasteiger partial charge is 0.243 e. The molecular weight excluding hydrogens is 426 g/mol. The van der Waals surface area contributed by atoms with Crippen LogP contribution >= 0.6 is 0 Å². The lowest BCUT2D eigenvalue weighted by Gasteiger charge is -2.34. The third-order valence-electron chi connectivity index (χ3n) is 7.56. The second-order valence-electron chi connectivity index (χ2n) is 10.0. The minimum atomic E-state index is -3.81. The van der Waals surface area contributed by atoms with Gasteiger partial charge in [0.15, 0.2) is 0 Å². The van der Waals surface area contributed by atoms with Gasteiger partial charge in [0.05, 0.1) is 11.4 Å². The molecule has 1 aromatic rings. The number of anilines is 1. The molecule has 2 amide bonds. The van der Waals surface area contributed by atoms with E-state index in [2.05, 4.69) is 19.2 Å². The number of nitrogens with one attached hydrogen (secondary N) is 1. The summed E-state index contributed by atoms with van der Waals surface area (Å²) >= 11 is 0. The van der Waals surface area contributed by atoms with Crippen LogP contribution in [0.4, 0.5) is 5.69 Å². The van der Waals surface area contributed by atoms with Gasteiger partial charge in [0.25, 0.3) is 0 Å². The maximum atomic E-state index is 13.2. The minimum Gasteiger partial charge on any atom is -0.352 e. The molecular formula is C24H35N3O4S. The van der Waals surface area contributed by atoms with Crippen LogP contribution in [-0.4, -0.2) is 50.2 Å². The molecule has 1 N–H and O–H groups in total. The zero-order valence-electron chi connectivity index (χ0n) is 19.5. The molecule has 2 aliphatic carbocycles. The number of amides is 2. The SMILES string of the molecule is C[C@@H]1[C@H](C)CCC[C@@H]1NC(=O)CN(C)S(=O)(=O)c1ccc2c(c1)C[C@H](C)N2C(=O)C1CC1. The van der Waals surface area contributed by atoms with Crippen LogP contribution in [0.25, 0.3) is 0 Å². The Balaban J connectivity index is 1.44. The largest absolute Gasteiger partial charge is 0.352 e. The molecule has 0 radical (unpaired) electrons. The summed E-state index contributed by atoms with van der Waals surface area (Å²) in [6, 6.07) is 5.09. The van der Waals surface area contributed by atoms with Crippen LogP contribution in [0, 0.1) is 17.8 Å². The zero-order chi connectivity index (χ0) is 23.2. The Hall–Kier alpha value is -1.93. The number of likely N-dealkylation sites (N-methyl/N-ethyl adjacent to an activating group) is 1. The van der Waals surface area contributed by atoms with Gasteiger partial charge in [-0.2, -0.15) is 4.31 Å². The number of benzene rings is 1. The number of sulfonamides is 1. The summed E-state index contributed by atoms with van der Waals surface area (Å²) in [5.74, 6) is 0.932. The van der Waals surface area contributed by atoms with E-state index < -0.39 is 10.0 Å². The van der Waals surface area contributed by atoms with Gasteiger partial charge < -0.3 is 10.2 Å². The van der Waals surface area contributed by atoms with Gasteiger partial charge in [-0.05, 0) is 68.2 Å². The van der Waals surface area contributed by atoms with Crippen molar-refractivity contribution >= 4 is 27.5 Å². The normalized spacial score (nSPS) is 28.0. The van der Waals surface area contributed by atoms with Crippen LogP contribution in [0.5, 0.6) is 0 Å². The van der Waals surface area contributed by atoms with Crippen molar-refractivity contribution in [3.05, 3.63) is 23.8 Å². The van der Waals surface area contributed by atoms with Gasteiger partial charge in [-0.1, -0.05) is 26.7 Å². The number of carbonyl (C=O) groups excluding carboxylic acids is 2. The van der Waals surface area contributed by atoms with Crippen LogP contribution in [0.3, 0.4) is 0 Å². The molecule has 8 heteroatoms. The Labute approximate surface area is 191 Å². The van der Waals surface area contributed by atoms with E-state index in [9.17, 15) is 18.0 Å². The Bertz CT molecular complexity index is 1000. The molecule has 0 unspecified atom stereocenters. The highest BCUT2D eigenvalue weighted by Crippen LogP contribution is 2.39. The number of hydrogen-bond donors (Lipinski definition) is 1. The first-order valence-corrected chi connectivity index (χ1v) is 13.2. The number of nitrogens with zero attached hydrogens (tertiary/aromatic N) is 2. The Kier molecular flexibility index (Phi) is 6.38. The van der Waals surface area contributed by atoms with E-state index in [0.29, 0.717) is 18.3 Å². The molecule has 32 heavy (non-hydrogen) atoms. The van der Waals surface area contributed by atoms with Crippen LogP contribution in [-0.2, 0) is 26.0 Å². The van der Waals surface area contributed by atoms with E-state index in [4.69, 9.17) is 0 Å². The summed E-state index contributed by atoms with van der Waals surface area (Å²) in [5, 5.41) is 3.05. The van der Waals surface area contributed by atoms with Crippen molar-refractivity contribution in [2.24, 2.45) is 17.8 Å². The highest BCUT2D eigenvalue weighted by atomic mass is 32.2. The van der Waals surface area contributed by atoms with Gasteiger partial charge in [-0.15, -0.1) is 0 Å². The van der Waals surface area contributed by atoms with Crippen molar-refractivity contribution < 1.29 is 18.0 Å². The lowest BCUT2D eigenvalue weighted by molar-refractivity contribution is -0.122. The molecule has 4 rings (SSSR count). The molecule has 1 aromatic carbocycles. The van der Waals surface area contributed by atoms with Gasteiger partial charge in [-0.3, -0.25) is 9.59 Å². The first kappa shape index (κ1) is 23.2. The Morgan fingerprint density at radius 2 is 1.84 bits per heavy atom. The lowest BCUT2D eigenvalue weighted by Crippen LogP contribution is -2.47. The van der Waals surface area contributed by atoms with Crippen molar-refractivity contribution in [3.8, 4) is 0 Å². The van der Waals surface area contributed by atoms with Gasteiger partial charge in [0.2, 0.25) is 21.8 Å². The third kappa shape index (κ3) is 4.44. The standard InChI is InChI=1S/C24H35N3O4S/c1-15-6-5-7-21(17(15)3)25-23(28)14-26(4)32(30,31)20-10-11-22-19(13-20)12-16(2)27(22)24(29)18-8-9-18/h10-11,13,15-18,21H,5-9,12,14H2,1-4H3,(H,25,28)/t15-,16+,17-,21+/m1/s1. The number of hydrogen-bond acceptors (Lipinski definition) is 4. The summed E-state index contributed by atoms with van der Waals surface area (Å²) < 4.78 is 27.4. The minimum absolute atomic E-state index is 0.0273. The molecule has 1 heterocycles. The highest BCUT2D eigenvalue weighted by molar-refractivity contribution is 7.89. The van der Waals surface area contributed by atoms with Gasteiger partial charge in [-0.25, -0.2) is 8.42 Å². The monoisotopic (exact) mass is 461 g/mol. The van der Waals surface area contributed by atoms with Crippen molar-refractivity contribution in [1.29, 1.82) is 0 Å². The zero-order valence-corrected chi connectivity index (χ0v) is 20.3. The molecule has 176 valence electrons. The molecule has 0 bridgehead atoms. The maximum absolute atomic E-state index is 13.2. The van der Waals surface area contributed by atoms with E-state index in [1.54, 1.807) is 18.2 Å². The fourth-order valence-electron chi connectivity index (χ4n) is 5.14. The Morgan fingerprint density at radius 3 is 2.53 bits per heavy atom. The van der Waals surface area contributed by atoms with E-state index >= 15 is 0 Å². The summed E-state index contributed by atoms with van der Waals surface area (Å²) in [6.45, 7) is 6.14. The second kappa shape index (κ2) is 8.78. The fraction of sp³-hybridized carbons (Fsp3) is 0.667. The third-order valence-corrected chi connectivity index (χ3v) is 9.36. The molecule has 7 nitrogen and oxygen atoms in total. The van der Waals surface area contributed by atoms with E-state index in [0.717, 1.165) is 41.2 Å². The van der Waals surface area contributed by atoms with Crippen LogP contribution in [0.1, 0.15) is 58.4 Å². The quantitative estimate of drug-likeness (QED) is 0.706. The molecule has 0 aromatic heterocycles. The number of fused-ring (bicyclic) bond motifs is 1. The summed E-state index contributed by atoms with van der Waals surface area (Å²) in [4.78, 5) is 27.3. The lowest BCUT2D eigenvalue weighted by atomic mass is 9.78. The molecule has 0 saturated heterocycles. The first-order valence-electron chi connectivity index (χ1n) is 11.8.